The van der Waals surface area contributed by atoms with Crippen LogP contribution in [0.15, 0.2) is 24.5 Å². The van der Waals surface area contributed by atoms with Crippen molar-refractivity contribution in [2.45, 2.75) is 31.7 Å². The molecule has 17 heavy (non-hydrogen) atoms. The molecule has 1 aliphatic rings. The lowest BCUT2D eigenvalue weighted by molar-refractivity contribution is -0.141. The van der Waals surface area contributed by atoms with Crippen LogP contribution in [0.4, 0.5) is 5.69 Å². The van der Waals surface area contributed by atoms with Crippen LogP contribution in [0.5, 0.6) is 0 Å². The van der Waals surface area contributed by atoms with Crippen LogP contribution in [0.1, 0.15) is 25.7 Å². The third kappa shape index (κ3) is 2.96. The molecule has 92 valence electrons. The van der Waals surface area contributed by atoms with Gasteiger partial charge < -0.3 is 9.64 Å². The average Bonchev–Trinajstić information content (AvgIpc) is 2.40. The second kappa shape index (κ2) is 5.66. The molecule has 0 aromatic carbocycles. The molecule has 4 nitrogen and oxygen atoms in total. The van der Waals surface area contributed by atoms with Crippen molar-refractivity contribution in [3.05, 3.63) is 24.5 Å². The summed E-state index contributed by atoms with van der Waals surface area (Å²) in [5, 5.41) is 0. The smallest absolute Gasteiger partial charge is 0.307 e. The second-order valence-corrected chi connectivity index (χ2v) is 4.33. The first-order valence-corrected chi connectivity index (χ1v) is 6.04. The molecule has 1 atom stereocenters. The van der Waals surface area contributed by atoms with E-state index in [2.05, 4.69) is 9.88 Å². The van der Waals surface area contributed by atoms with E-state index in [1.54, 1.807) is 12.4 Å². The lowest BCUT2D eigenvalue weighted by atomic mass is 9.98. The Labute approximate surface area is 102 Å². The van der Waals surface area contributed by atoms with Crippen molar-refractivity contribution >= 4 is 11.7 Å². The zero-order chi connectivity index (χ0) is 12.1. The van der Waals surface area contributed by atoms with Gasteiger partial charge in [0.15, 0.2) is 0 Å². The first-order valence-electron chi connectivity index (χ1n) is 6.04. The summed E-state index contributed by atoms with van der Waals surface area (Å²) in [4.78, 5) is 17.7. The molecule has 0 bridgehead atoms. The summed E-state index contributed by atoms with van der Waals surface area (Å²) >= 11 is 0. The van der Waals surface area contributed by atoms with Crippen LogP contribution in [-0.4, -0.2) is 30.6 Å². The Hall–Kier alpha value is -1.58. The summed E-state index contributed by atoms with van der Waals surface area (Å²) in [6, 6.07) is 4.25. The average molecular weight is 234 g/mol. The number of methoxy groups -OCH3 is 1. The van der Waals surface area contributed by atoms with Crippen molar-refractivity contribution in [2.75, 3.05) is 18.6 Å². The van der Waals surface area contributed by atoms with Crippen molar-refractivity contribution in [2.24, 2.45) is 0 Å². The molecule has 0 amide bonds. The van der Waals surface area contributed by atoms with Crippen LogP contribution in [0.25, 0.3) is 0 Å². The summed E-state index contributed by atoms with van der Waals surface area (Å²) in [6.45, 7) is 1.01. The van der Waals surface area contributed by atoms with E-state index < -0.39 is 0 Å². The summed E-state index contributed by atoms with van der Waals surface area (Å²) in [6.07, 6.45) is 7.47. The van der Waals surface area contributed by atoms with Crippen molar-refractivity contribution < 1.29 is 9.53 Å². The number of carbonyl (C=O) groups is 1. The van der Waals surface area contributed by atoms with Gasteiger partial charge in [0.25, 0.3) is 0 Å². The van der Waals surface area contributed by atoms with Gasteiger partial charge in [-0.05, 0) is 31.4 Å². The molecule has 1 unspecified atom stereocenters. The van der Waals surface area contributed by atoms with Gasteiger partial charge in [0.2, 0.25) is 0 Å². The van der Waals surface area contributed by atoms with Crippen molar-refractivity contribution in [3.63, 3.8) is 0 Å². The van der Waals surface area contributed by atoms with Crippen LogP contribution >= 0.6 is 0 Å². The Morgan fingerprint density at radius 2 is 2.24 bits per heavy atom. The Morgan fingerprint density at radius 3 is 2.94 bits per heavy atom. The zero-order valence-corrected chi connectivity index (χ0v) is 10.1. The highest BCUT2D eigenvalue weighted by molar-refractivity contribution is 5.70. The lowest BCUT2D eigenvalue weighted by Crippen LogP contribution is -2.41. The molecule has 0 saturated carbocycles. The van der Waals surface area contributed by atoms with E-state index in [1.807, 2.05) is 12.1 Å². The molecular weight excluding hydrogens is 216 g/mol. The minimum absolute atomic E-state index is 0.129. The summed E-state index contributed by atoms with van der Waals surface area (Å²) in [5.74, 6) is -0.129. The van der Waals surface area contributed by atoms with Crippen molar-refractivity contribution in [1.82, 2.24) is 4.98 Å². The van der Waals surface area contributed by atoms with E-state index in [0.717, 1.165) is 18.7 Å². The minimum Gasteiger partial charge on any atom is -0.469 e. The zero-order valence-electron chi connectivity index (χ0n) is 10.1. The predicted molar refractivity (Wildman–Crippen MR) is 65.9 cm³/mol. The molecule has 1 saturated heterocycles. The molecule has 2 heterocycles. The molecule has 0 radical (unpaired) electrons. The summed E-state index contributed by atoms with van der Waals surface area (Å²) in [5.41, 5.74) is 1.15. The molecule has 1 aromatic rings. The molecule has 0 N–H and O–H groups in total. The van der Waals surface area contributed by atoms with Crippen LogP contribution in [-0.2, 0) is 9.53 Å². The second-order valence-electron chi connectivity index (χ2n) is 4.33. The minimum atomic E-state index is -0.129. The topological polar surface area (TPSA) is 42.4 Å². The fourth-order valence-electron chi connectivity index (χ4n) is 2.36. The molecule has 1 aromatic heterocycles. The van der Waals surface area contributed by atoms with Gasteiger partial charge in [0, 0.05) is 30.7 Å². The highest BCUT2D eigenvalue weighted by Crippen LogP contribution is 2.26. The maximum absolute atomic E-state index is 11.4. The van der Waals surface area contributed by atoms with E-state index in [9.17, 15) is 4.79 Å². The largest absolute Gasteiger partial charge is 0.469 e. The van der Waals surface area contributed by atoms with Gasteiger partial charge >= 0.3 is 5.97 Å². The number of esters is 1. The number of carbonyl (C=O) groups excluding carboxylic acids is 1. The van der Waals surface area contributed by atoms with Gasteiger partial charge in [-0.1, -0.05) is 0 Å². The fourth-order valence-corrected chi connectivity index (χ4v) is 2.36. The number of pyridine rings is 1. The standard InChI is InChI=1S/C13H18N2O2/c1-17-13(16)10-12-4-2-3-9-15(12)11-5-7-14-8-6-11/h5-8,12H,2-4,9-10H2,1H3. The van der Waals surface area contributed by atoms with E-state index >= 15 is 0 Å². The molecule has 0 aliphatic carbocycles. The Bertz CT molecular complexity index is 367. The number of piperidine rings is 1. The quantitative estimate of drug-likeness (QED) is 0.750. The normalized spacial score (nSPS) is 20.1. The van der Waals surface area contributed by atoms with Crippen molar-refractivity contribution in [1.29, 1.82) is 0 Å². The number of anilines is 1. The van der Waals surface area contributed by atoms with Gasteiger partial charge in [0.1, 0.15) is 0 Å². The van der Waals surface area contributed by atoms with E-state index in [0.29, 0.717) is 6.42 Å². The lowest BCUT2D eigenvalue weighted by Gasteiger charge is -2.37. The highest BCUT2D eigenvalue weighted by atomic mass is 16.5. The first kappa shape index (κ1) is 11.9. The Kier molecular flexibility index (Phi) is 3.96. The number of ether oxygens (including phenoxy) is 1. The first-order chi connectivity index (χ1) is 8.31. The van der Waals surface area contributed by atoms with Crippen LogP contribution < -0.4 is 4.90 Å². The maximum atomic E-state index is 11.4. The number of rotatable bonds is 3. The van der Waals surface area contributed by atoms with E-state index in [4.69, 9.17) is 4.74 Å². The molecule has 4 heteroatoms. The van der Waals surface area contributed by atoms with Gasteiger partial charge in [-0.25, -0.2) is 0 Å². The molecule has 1 fully saturated rings. The molecule has 1 aliphatic heterocycles. The van der Waals surface area contributed by atoms with E-state index in [1.165, 1.54) is 20.0 Å². The SMILES string of the molecule is COC(=O)CC1CCCCN1c1ccncc1. The number of hydrogen-bond donors (Lipinski definition) is 0. The molecule has 0 spiro atoms. The fraction of sp³-hybridized carbons (Fsp3) is 0.538. The molecule has 2 rings (SSSR count). The van der Waals surface area contributed by atoms with Gasteiger partial charge in [0.05, 0.1) is 13.5 Å². The highest BCUT2D eigenvalue weighted by Gasteiger charge is 2.25. The van der Waals surface area contributed by atoms with Gasteiger partial charge in [-0.3, -0.25) is 9.78 Å². The van der Waals surface area contributed by atoms with Crippen molar-refractivity contribution in [3.8, 4) is 0 Å². The van der Waals surface area contributed by atoms with Gasteiger partial charge in [-0.2, -0.15) is 0 Å². The molecular formula is C13H18N2O2. The number of aromatic nitrogens is 1. The Balaban J connectivity index is 2.09. The number of hydrogen-bond acceptors (Lipinski definition) is 4. The summed E-state index contributed by atoms with van der Waals surface area (Å²) < 4.78 is 4.76. The van der Waals surface area contributed by atoms with Crippen LogP contribution in [0.2, 0.25) is 0 Å². The van der Waals surface area contributed by atoms with Crippen LogP contribution in [0.3, 0.4) is 0 Å². The maximum Gasteiger partial charge on any atom is 0.307 e. The predicted octanol–water partition coefficient (Wildman–Crippen LogP) is 2.00. The summed E-state index contributed by atoms with van der Waals surface area (Å²) in [7, 11) is 1.45. The Morgan fingerprint density at radius 1 is 1.47 bits per heavy atom. The third-order valence-electron chi connectivity index (χ3n) is 3.25. The third-order valence-corrected chi connectivity index (χ3v) is 3.25. The van der Waals surface area contributed by atoms with E-state index in [-0.39, 0.29) is 12.0 Å². The van der Waals surface area contributed by atoms with Crippen LogP contribution in [0, 0.1) is 0 Å². The van der Waals surface area contributed by atoms with Gasteiger partial charge in [-0.15, -0.1) is 0 Å². The monoisotopic (exact) mass is 234 g/mol. The number of nitrogens with zero attached hydrogens (tertiary/aromatic N) is 2.